The zero-order valence-corrected chi connectivity index (χ0v) is 13.6. The molecule has 0 saturated heterocycles. The van der Waals surface area contributed by atoms with Crippen molar-refractivity contribution in [2.24, 2.45) is 0 Å². The first kappa shape index (κ1) is 14.1. The minimum absolute atomic E-state index is 0.761. The van der Waals surface area contributed by atoms with E-state index in [1.807, 2.05) is 19.2 Å². The lowest BCUT2D eigenvalue weighted by molar-refractivity contribution is 1.50. The van der Waals surface area contributed by atoms with Crippen LogP contribution in [0.2, 0.25) is 5.02 Å². The standard InChI is InChI=1S/C21H16ClN/c1-23-16-10-11-19-17-4-2-3-5-18(17)20(21(19)13-16)12-14-6-8-15(22)9-7-14/h2-13,23H,1H3. The van der Waals surface area contributed by atoms with Gasteiger partial charge in [-0.3, -0.25) is 0 Å². The fraction of sp³-hybridized carbons (Fsp3) is 0.0476. The number of hydrogen-bond acceptors (Lipinski definition) is 1. The maximum absolute atomic E-state index is 6.00. The fourth-order valence-corrected chi connectivity index (χ4v) is 3.26. The molecule has 0 aromatic heterocycles. The second-order valence-corrected chi connectivity index (χ2v) is 6.10. The molecule has 0 unspecified atom stereocenters. The van der Waals surface area contributed by atoms with Gasteiger partial charge in [-0.25, -0.2) is 0 Å². The van der Waals surface area contributed by atoms with Crippen LogP contribution in [-0.4, -0.2) is 7.05 Å². The van der Waals surface area contributed by atoms with Gasteiger partial charge >= 0.3 is 0 Å². The summed E-state index contributed by atoms with van der Waals surface area (Å²) in [5.74, 6) is 0. The number of anilines is 1. The van der Waals surface area contributed by atoms with E-state index in [1.54, 1.807) is 0 Å². The van der Waals surface area contributed by atoms with Crippen LogP contribution in [0.3, 0.4) is 0 Å². The van der Waals surface area contributed by atoms with Gasteiger partial charge < -0.3 is 5.32 Å². The van der Waals surface area contributed by atoms with Crippen molar-refractivity contribution in [1.82, 2.24) is 0 Å². The summed E-state index contributed by atoms with van der Waals surface area (Å²) in [5.41, 5.74) is 8.68. The zero-order chi connectivity index (χ0) is 15.8. The first-order valence-electron chi connectivity index (χ1n) is 7.65. The second kappa shape index (κ2) is 5.60. The van der Waals surface area contributed by atoms with Crippen molar-refractivity contribution in [3.63, 3.8) is 0 Å². The molecule has 0 aliphatic heterocycles. The maximum Gasteiger partial charge on any atom is 0.0406 e. The van der Waals surface area contributed by atoms with Crippen molar-refractivity contribution in [3.05, 3.63) is 88.4 Å². The summed E-state index contributed by atoms with van der Waals surface area (Å²) >= 11 is 6.00. The Morgan fingerprint density at radius 3 is 2.22 bits per heavy atom. The summed E-state index contributed by atoms with van der Waals surface area (Å²) in [5, 5.41) is 3.99. The van der Waals surface area contributed by atoms with Gasteiger partial charge in [-0.05, 0) is 63.7 Å². The lowest BCUT2D eigenvalue weighted by atomic mass is 10.0. The Morgan fingerprint density at radius 1 is 0.783 bits per heavy atom. The number of rotatable bonds is 2. The van der Waals surface area contributed by atoms with Gasteiger partial charge in [-0.15, -0.1) is 0 Å². The van der Waals surface area contributed by atoms with Gasteiger partial charge in [0.25, 0.3) is 0 Å². The Hall–Kier alpha value is -2.51. The van der Waals surface area contributed by atoms with E-state index in [0.29, 0.717) is 0 Å². The van der Waals surface area contributed by atoms with Crippen LogP contribution in [0.4, 0.5) is 5.69 Å². The lowest BCUT2D eigenvalue weighted by Crippen LogP contribution is -1.89. The molecule has 0 atom stereocenters. The van der Waals surface area contributed by atoms with Crippen molar-refractivity contribution in [1.29, 1.82) is 0 Å². The summed E-state index contributed by atoms with van der Waals surface area (Å²) in [6.45, 7) is 0. The maximum atomic E-state index is 6.00. The van der Waals surface area contributed by atoms with E-state index in [0.717, 1.165) is 16.3 Å². The van der Waals surface area contributed by atoms with Gasteiger partial charge in [0.15, 0.2) is 0 Å². The highest BCUT2D eigenvalue weighted by molar-refractivity contribution is 6.30. The Bertz CT molecular complexity index is 907. The number of nitrogens with one attached hydrogen (secondary N) is 1. The summed E-state index contributed by atoms with van der Waals surface area (Å²) in [6, 6.07) is 23.1. The van der Waals surface area contributed by atoms with E-state index in [4.69, 9.17) is 11.6 Å². The molecule has 2 heteroatoms. The van der Waals surface area contributed by atoms with E-state index in [2.05, 4.69) is 66.0 Å². The van der Waals surface area contributed by atoms with Gasteiger partial charge in [-0.2, -0.15) is 0 Å². The molecule has 1 aliphatic rings. The number of hydrogen-bond donors (Lipinski definition) is 1. The monoisotopic (exact) mass is 317 g/mol. The normalized spacial score (nSPS) is 13.7. The Labute approximate surface area is 141 Å². The predicted octanol–water partition coefficient (Wildman–Crippen LogP) is 5.95. The third kappa shape index (κ3) is 2.43. The quantitative estimate of drug-likeness (QED) is 0.481. The summed E-state index contributed by atoms with van der Waals surface area (Å²) < 4.78 is 0. The van der Waals surface area contributed by atoms with Crippen LogP contribution >= 0.6 is 11.6 Å². The van der Waals surface area contributed by atoms with Gasteiger partial charge in [-0.1, -0.05) is 54.1 Å². The average molecular weight is 318 g/mol. The molecule has 3 aromatic rings. The molecule has 112 valence electrons. The minimum atomic E-state index is 0.761. The highest BCUT2D eigenvalue weighted by Crippen LogP contribution is 2.45. The summed E-state index contributed by atoms with van der Waals surface area (Å²) in [6.07, 6.45) is 2.24. The van der Waals surface area contributed by atoms with Crippen molar-refractivity contribution in [2.75, 3.05) is 12.4 Å². The Balaban J connectivity index is 1.94. The predicted molar refractivity (Wildman–Crippen MR) is 99.8 cm³/mol. The van der Waals surface area contributed by atoms with Gasteiger partial charge in [0, 0.05) is 17.8 Å². The largest absolute Gasteiger partial charge is 0.388 e. The van der Waals surface area contributed by atoms with E-state index >= 15 is 0 Å². The zero-order valence-electron chi connectivity index (χ0n) is 12.8. The van der Waals surface area contributed by atoms with Crippen molar-refractivity contribution < 1.29 is 0 Å². The molecule has 0 fully saturated rings. The molecule has 23 heavy (non-hydrogen) atoms. The number of fused-ring (bicyclic) bond motifs is 3. The van der Waals surface area contributed by atoms with E-state index in [-0.39, 0.29) is 0 Å². The van der Waals surface area contributed by atoms with Crippen LogP contribution in [0.25, 0.3) is 22.8 Å². The average Bonchev–Trinajstić information content (AvgIpc) is 2.90. The molecule has 0 spiro atoms. The van der Waals surface area contributed by atoms with Crippen LogP contribution < -0.4 is 5.32 Å². The highest BCUT2D eigenvalue weighted by atomic mass is 35.5. The molecule has 1 N–H and O–H groups in total. The molecule has 0 saturated carbocycles. The lowest BCUT2D eigenvalue weighted by Gasteiger charge is -2.06. The molecule has 1 aliphatic carbocycles. The third-order valence-electron chi connectivity index (χ3n) is 4.29. The molecular weight excluding hydrogens is 302 g/mol. The molecule has 0 heterocycles. The van der Waals surface area contributed by atoms with Gasteiger partial charge in [0.2, 0.25) is 0 Å². The molecule has 0 bridgehead atoms. The molecule has 4 rings (SSSR count). The third-order valence-corrected chi connectivity index (χ3v) is 4.54. The SMILES string of the molecule is CNc1ccc2c(c1)C(=Cc1ccc(Cl)cc1)c1ccccc1-2. The van der Waals surface area contributed by atoms with Gasteiger partial charge in [0.05, 0.1) is 0 Å². The van der Waals surface area contributed by atoms with Crippen molar-refractivity contribution in [3.8, 4) is 11.1 Å². The van der Waals surface area contributed by atoms with Gasteiger partial charge in [0.1, 0.15) is 0 Å². The Kier molecular flexibility index (Phi) is 3.44. The molecular formula is C21H16ClN. The van der Waals surface area contributed by atoms with Crippen LogP contribution in [-0.2, 0) is 0 Å². The molecule has 0 amide bonds. The van der Waals surface area contributed by atoms with Crippen LogP contribution in [0.15, 0.2) is 66.7 Å². The Morgan fingerprint density at radius 2 is 1.48 bits per heavy atom. The van der Waals surface area contributed by atoms with Crippen LogP contribution in [0.5, 0.6) is 0 Å². The first-order chi connectivity index (χ1) is 11.3. The fourth-order valence-electron chi connectivity index (χ4n) is 3.14. The first-order valence-corrected chi connectivity index (χ1v) is 8.03. The van der Waals surface area contributed by atoms with E-state index in [9.17, 15) is 0 Å². The highest BCUT2D eigenvalue weighted by Gasteiger charge is 2.23. The van der Waals surface area contributed by atoms with Crippen molar-refractivity contribution >= 4 is 28.9 Å². The van der Waals surface area contributed by atoms with E-state index in [1.165, 1.54) is 27.8 Å². The second-order valence-electron chi connectivity index (χ2n) is 5.67. The number of benzene rings is 3. The summed E-state index contributed by atoms with van der Waals surface area (Å²) in [7, 11) is 1.95. The molecule has 1 nitrogen and oxygen atoms in total. The topological polar surface area (TPSA) is 12.0 Å². The molecule has 0 radical (unpaired) electrons. The number of halogens is 1. The van der Waals surface area contributed by atoms with Crippen LogP contribution in [0, 0.1) is 0 Å². The smallest absolute Gasteiger partial charge is 0.0406 e. The molecule has 3 aromatic carbocycles. The van der Waals surface area contributed by atoms with Crippen LogP contribution in [0.1, 0.15) is 16.7 Å². The minimum Gasteiger partial charge on any atom is -0.388 e. The van der Waals surface area contributed by atoms with Crippen molar-refractivity contribution in [2.45, 2.75) is 0 Å². The van der Waals surface area contributed by atoms with E-state index < -0.39 is 0 Å². The summed E-state index contributed by atoms with van der Waals surface area (Å²) in [4.78, 5) is 0.